The average Bonchev–Trinajstić information content (AvgIpc) is 2.72. The third kappa shape index (κ3) is 2.47. The molecule has 1 aromatic carbocycles. The van der Waals surface area contributed by atoms with Gasteiger partial charge in [0.2, 0.25) is 0 Å². The van der Waals surface area contributed by atoms with Gasteiger partial charge in [0, 0.05) is 10.0 Å². The molecule has 0 saturated heterocycles. The zero-order chi connectivity index (χ0) is 13.3. The van der Waals surface area contributed by atoms with Crippen LogP contribution in [0.3, 0.4) is 0 Å². The molecule has 0 radical (unpaired) electrons. The van der Waals surface area contributed by atoms with Crippen LogP contribution < -0.4 is 0 Å². The lowest BCUT2D eigenvalue weighted by molar-refractivity contribution is 0.727. The molecule has 0 saturated carbocycles. The molecule has 0 bridgehead atoms. The summed E-state index contributed by atoms with van der Waals surface area (Å²) in [5.41, 5.74) is 4.60. The summed E-state index contributed by atoms with van der Waals surface area (Å²) in [5.74, 6) is 0.896. The monoisotopic (exact) mass is 326 g/mol. The van der Waals surface area contributed by atoms with Crippen LogP contribution in [0.15, 0.2) is 28.9 Å². The first kappa shape index (κ1) is 13.6. The first-order valence-electron chi connectivity index (χ1n) is 5.94. The Labute approximate surface area is 121 Å². The van der Waals surface area contributed by atoms with Crippen molar-refractivity contribution in [1.29, 1.82) is 0 Å². The third-order valence-corrected chi connectivity index (χ3v) is 3.75. The maximum Gasteiger partial charge on any atom is 0.0678 e. The number of aryl methyl sites for hydroxylation is 1. The number of hydrogen-bond acceptors (Lipinski definition) is 1. The molecule has 0 amide bonds. The lowest BCUT2D eigenvalue weighted by Crippen LogP contribution is -2.06. The molecule has 0 unspecified atom stereocenters. The second kappa shape index (κ2) is 5.45. The smallest absolute Gasteiger partial charge is 0.0678 e. The molecule has 1 aromatic heterocycles. The van der Waals surface area contributed by atoms with E-state index in [9.17, 15) is 0 Å². The van der Waals surface area contributed by atoms with Gasteiger partial charge in [-0.1, -0.05) is 29.8 Å². The quantitative estimate of drug-likeness (QED) is 0.740. The van der Waals surface area contributed by atoms with Crippen LogP contribution in [0.5, 0.6) is 0 Å². The van der Waals surface area contributed by atoms with E-state index in [1.54, 1.807) is 0 Å². The average molecular weight is 328 g/mol. The van der Waals surface area contributed by atoms with E-state index >= 15 is 0 Å². The predicted molar refractivity (Wildman–Crippen MR) is 79.6 cm³/mol. The van der Waals surface area contributed by atoms with Gasteiger partial charge in [-0.2, -0.15) is 5.10 Å². The maximum absolute atomic E-state index is 5.98. The van der Waals surface area contributed by atoms with E-state index in [4.69, 9.17) is 11.6 Å². The Morgan fingerprint density at radius 3 is 2.67 bits per heavy atom. The minimum atomic E-state index is 0.393. The van der Waals surface area contributed by atoms with Gasteiger partial charge in [-0.3, -0.25) is 0 Å². The SMILES string of the molecule is Cc1cc(Br)ccc1-n1ncc(CCl)c1C(C)C. The van der Waals surface area contributed by atoms with Crippen molar-refractivity contribution < 1.29 is 0 Å². The molecule has 0 N–H and O–H groups in total. The summed E-state index contributed by atoms with van der Waals surface area (Å²) < 4.78 is 3.09. The topological polar surface area (TPSA) is 17.8 Å². The first-order chi connectivity index (χ1) is 8.54. The number of hydrogen-bond donors (Lipinski definition) is 0. The van der Waals surface area contributed by atoms with Crippen LogP contribution in [0.25, 0.3) is 5.69 Å². The van der Waals surface area contributed by atoms with Gasteiger partial charge in [-0.05, 0) is 36.6 Å². The van der Waals surface area contributed by atoms with Crippen LogP contribution >= 0.6 is 27.5 Å². The van der Waals surface area contributed by atoms with Crippen LogP contribution in [-0.4, -0.2) is 9.78 Å². The minimum absolute atomic E-state index is 0.393. The van der Waals surface area contributed by atoms with Crippen molar-refractivity contribution >= 4 is 27.5 Å². The van der Waals surface area contributed by atoms with Crippen LogP contribution in [0, 0.1) is 6.92 Å². The second-order valence-corrected chi connectivity index (χ2v) is 5.87. The summed E-state index contributed by atoms with van der Waals surface area (Å²) in [7, 11) is 0. The summed E-state index contributed by atoms with van der Waals surface area (Å²) in [5, 5.41) is 4.49. The highest BCUT2D eigenvalue weighted by molar-refractivity contribution is 9.10. The highest BCUT2D eigenvalue weighted by atomic mass is 79.9. The van der Waals surface area contributed by atoms with E-state index in [1.165, 1.54) is 11.3 Å². The number of nitrogens with zero attached hydrogens (tertiary/aromatic N) is 2. The van der Waals surface area contributed by atoms with Crippen molar-refractivity contribution in [2.45, 2.75) is 32.6 Å². The Morgan fingerprint density at radius 1 is 1.39 bits per heavy atom. The standard InChI is InChI=1S/C14H16BrClN2/c1-9(2)14-11(7-16)8-17-18(14)13-5-4-12(15)6-10(13)3/h4-6,8-9H,7H2,1-3H3. The lowest BCUT2D eigenvalue weighted by atomic mass is 10.1. The van der Waals surface area contributed by atoms with Crippen molar-refractivity contribution in [3.63, 3.8) is 0 Å². The molecule has 0 atom stereocenters. The largest absolute Gasteiger partial charge is 0.237 e. The van der Waals surface area contributed by atoms with Gasteiger partial charge < -0.3 is 0 Å². The van der Waals surface area contributed by atoms with Gasteiger partial charge >= 0.3 is 0 Å². The molecular formula is C14H16BrClN2. The molecule has 0 aliphatic rings. The molecule has 2 aromatic rings. The van der Waals surface area contributed by atoms with Gasteiger partial charge in [-0.25, -0.2) is 4.68 Å². The van der Waals surface area contributed by atoms with Crippen LogP contribution in [0.1, 0.15) is 36.6 Å². The van der Waals surface area contributed by atoms with Gasteiger partial charge in [0.25, 0.3) is 0 Å². The Kier molecular flexibility index (Phi) is 4.13. The lowest BCUT2D eigenvalue weighted by Gasteiger charge is -2.14. The number of halogens is 2. The summed E-state index contributed by atoms with van der Waals surface area (Å²) in [4.78, 5) is 0. The highest BCUT2D eigenvalue weighted by Crippen LogP contribution is 2.26. The van der Waals surface area contributed by atoms with Gasteiger partial charge in [0.1, 0.15) is 0 Å². The Balaban J connectivity index is 2.60. The molecule has 18 heavy (non-hydrogen) atoms. The third-order valence-electron chi connectivity index (χ3n) is 2.96. The number of alkyl halides is 1. The molecule has 96 valence electrons. The summed E-state index contributed by atoms with van der Waals surface area (Å²) >= 11 is 9.47. The normalized spacial score (nSPS) is 11.2. The number of benzene rings is 1. The van der Waals surface area contributed by atoms with Crippen molar-refractivity contribution in [3.8, 4) is 5.69 Å². The predicted octanol–water partition coefficient (Wildman–Crippen LogP) is 4.81. The maximum atomic E-state index is 5.98. The van der Waals surface area contributed by atoms with Crippen molar-refractivity contribution in [3.05, 3.63) is 45.7 Å². The number of aromatic nitrogens is 2. The second-order valence-electron chi connectivity index (χ2n) is 4.69. The molecule has 0 aliphatic heterocycles. The highest BCUT2D eigenvalue weighted by Gasteiger charge is 2.15. The van der Waals surface area contributed by atoms with Crippen molar-refractivity contribution in [2.75, 3.05) is 0 Å². The van der Waals surface area contributed by atoms with E-state index in [-0.39, 0.29) is 0 Å². The van der Waals surface area contributed by atoms with Gasteiger partial charge in [0.15, 0.2) is 0 Å². The zero-order valence-corrected chi connectivity index (χ0v) is 13.1. The van der Waals surface area contributed by atoms with Crippen molar-refractivity contribution in [2.24, 2.45) is 0 Å². The Hall–Kier alpha value is -0.800. The minimum Gasteiger partial charge on any atom is -0.237 e. The molecule has 1 heterocycles. The molecular weight excluding hydrogens is 312 g/mol. The summed E-state index contributed by atoms with van der Waals surface area (Å²) in [6.07, 6.45) is 1.86. The molecule has 2 rings (SSSR count). The molecule has 2 nitrogen and oxygen atoms in total. The first-order valence-corrected chi connectivity index (χ1v) is 7.26. The fourth-order valence-electron chi connectivity index (χ4n) is 2.16. The van der Waals surface area contributed by atoms with Gasteiger partial charge in [0.05, 0.1) is 23.5 Å². The van der Waals surface area contributed by atoms with E-state index in [0.717, 1.165) is 15.7 Å². The summed E-state index contributed by atoms with van der Waals surface area (Å²) in [6, 6.07) is 6.21. The number of rotatable bonds is 3. The zero-order valence-electron chi connectivity index (χ0n) is 10.7. The van der Waals surface area contributed by atoms with Crippen molar-refractivity contribution in [1.82, 2.24) is 9.78 Å². The fourth-order valence-corrected chi connectivity index (χ4v) is 2.84. The van der Waals surface area contributed by atoms with Crippen LogP contribution in [0.4, 0.5) is 0 Å². The van der Waals surface area contributed by atoms with Crippen LogP contribution in [0.2, 0.25) is 0 Å². The summed E-state index contributed by atoms with van der Waals surface area (Å²) in [6.45, 7) is 6.42. The Morgan fingerprint density at radius 2 is 2.11 bits per heavy atom. The van der Waals surface area contributed by atoms with Gasteiger partial charge in [-0.15, -0.1) is 11.6 Å². The van der Waals surface area contributed by atoms with E-state index < -0.39 is 0 Å². The van der Waals surface area contributed by atoms with E-state index in [1.807, 2.05) is 16.9 Å². The Bertz CT molecular complexity index is 561. The van der Waals surface area contributed by atoms with Crippen LogP contribution in [-0.2, 0) is 5.88 Å². The fraction of sp³-hybridized carbons (Fsp3) is 0.357. The molecule has 0 fully saturated rings. The molecule has 0 aliphatic carbocycles. The molecule has 0 spiro atoms. The van der Waals surface area contributed by atoms with E-state index in [0.29, 0.717) is 11.8 Å². The molecule has 4 heteroatoms. The van der Waals surface area contributed by atoms with E-state index in [2.05, 4.69) is 53.9 Å².